The third-order valence-corrected chi connectivity index (χ3v) is 7.69. The number of amides is 1. The van der Waals surface area contributed by atoms with Crippen molar-refractivity contribution in [3.8, 4) is 0 Å². The van der Waals surface area contributed by atoms with Gasteiger partial charge in [0.2, 0.25) is 15.9 Å². The number of aryl methyl sites for hydroxylation is 1. The minimum atomic E-state index is -3.43. The molecule has 0 radical (unpaired) electrons. The number of sulfonamides is 1. The van der Waals surface area contributed by atoms with Crippen molar-refractivity contribution in [1.82, 2.24) is 14.9 Å². The first kappa shape index (κ1) is 22.9. The summed E-state index contributed by atoms with van der Waals surface area (Å²) in [4.78, 5) is 15.0. The van der Waals surface area contributed by atoms with Gasteiger partial charge < -0.3 is 5.32 Å². The zero-order chi connectivity index (χ0) is 21.6. The molecule has 2 N–H and O–H groups in total. The molecule has 1 aliphatic rings. The minimum absolute atomic E-state index is 0.00878. The summed E-state index contributed by atoms with van der Waals surface area (Å²) in [6.07, 6.45) is 2.78. The van der Waals surface area contributed by atoms with Gasteiger partial charge in [-0.2, -0.15) is 11.3 Å². The van der Waals surface area contributed by atoms with Crippen LogP contribution in [0.1, 0.15) is 50.3 Å². The first-order chi connectivity index (χ1) is 14.4. The average molecular weight is 450 g/mol. The predicted molar refractivity (Wildman–Crippen MR) is 121 cm³/mol. The Kier molecular flexibility index (Phi) is 8.05. The van der Waals surface area contributed by atoms with Gasteiger partial charge in [-0.05, 0) is 72.4 Å². The molecule has 0 spiro atoms. The topological polar surface area (TPSA) is 78.5 Å². The number of carbonyl (C=O) groups excluding carboxylic acids is 1. The SMILES string of the molecule is CCN(CC)C(CNC(=O)CCc1ccc(S(=O)(=O)NC2CC2)cc1)c1ccsc1. The molecule has 1 atom stereocenters. The van der Waals surface area contributed by atoms with Crippen LogP contribution in [0.5, 0.6) is 0 Å². The zero-order valence-corrected chi connectivity index (χ0v) is 19.3. The van der Waals surface area contributed by atoms with Crippen molar-refractivity contribution in [2.45, 2.75) is 56.5 Å². The van der Waals surface area contributed by atoms with Gasteiger partial charge >= 0.3 is 0 Å². The van der Waals surface area contributed by atoms with Crippen molar-refractivity contribution in [2.75, 3.05) is 19.6 Å². The van der Waals surface area contributed by atoms with Crippen molar-refractivity contribution in [3.05, 3.63) is 52.2 Å². The lowest BCUT2D eigenvalue weighted by atomic mass is 10.1. The Bertz CT molecular complexity index is 904. The van der Waals surface area contributed by atoms with Crippen molar-refractivity contribution in [1.29, 1.82) is 0 Å². The molecule has 1 unspecified atom stereocenters. The molecule has 1 fully saturated rings. The second kappa shape index (κ2) is 10.5. The van der Waals surface area contributed by atoms with E-state index in [1.165, 1.54) is 5.56 Å². The minimum Gasteiger partial charge on any atom is -0.354 e. The fraction of sp³-hybridized carbons (Fsp3) is 0.500. The summed E-state index contributed by atoms with van der Waals surface area (Å²) in [5.74, 6) is 0.00878. The summed E-state index contributed by atoms with van der Waals surface area (Å²) in [7, 11) is -3.43. The molecule has 8 heteroatoms. The summed E-state index contributed by atoms with van der Waals surface area (Å²) < 4.78 is 27.1. The van der Waals surface area contributed by atoms with Crippen LogP contribution in [-0.2, 0) is 21.2 Å². The fourth-order valence-electron chi connectivity index (χ4n) is 3.47. The molecule has 2 aromatic rings. The van der Waals surface area contributed by atoms with Crippen molar-refractivity contribution < 1.29 is 13.2 Å². The summed E-state index contributed by atoms with van der Waals surface area (Å²) in [6, 6.07) is 9.20. The third-order valence-electron chi connectivity index (χ3n) is 5.45. The highest BCUT2D eigenvalue weighted by Gasteiger charge is 2.27. The maximum absolute atomic E-state index is 12.4. The monoisotopic (exact) mass is 449 g/mol. The van der Waals surface area contributed by atoms with Gasteiger partial charge in [0.05, 0.1) is 10.9 Å². The number of nitrogens with zero attached hydrogens (tertiary/aromatic N) is 1. The largest absolute Gasteiger partial charge is 0.354 e. The highest BCUT2D eigenvalue weighted by Crippen LogP contribution is 2.23. The Morgan fingerprint density at radius 1 is 1.17 bits per heavy atom. The van der Waals surface area contributed by atoms with Crippen LogP contribution < -0.4 is 10.0 Å². The van der Waals surface area contributed by atoms with Gasteiger partial charge in [-0.25, -0.2) is 13.1 Å². The van der Waals surface area contributed by atoms with Crippen molar-refractivity contribution >= 4 is 27.3 Å². The van der Waals surface area contributed by atoms with Crippen LogP contribution in [0.2, 0.25) is 0 Å². The summed E-state index contributed by atoms with van der Waals surface area (Å²) in [5.41, 5.74) is 2.19. The first-order valence-corrected chi connectivity index (χ1v) is 13.0. The number of nitrogens with one attached hydrogen (secondary N) is 2. The van der Waals surface area contributed by atoms with Crippen molar-refractivity contribution in [2.24, 2.45) is 0 Å². The number of rotatable bonds is 12. The maximum atomic E-state index is 12.4. The smallest absolute Gasteiger partial charge is 0.240 e. The molecule has 1 heterocycles. The Morgan fingerprint density at radius 3 is 2.43 bits per heavy atom. The van der Waals surface area contributed by atoms with E-state index in [9.17, 15) is 13.2 Å². The summed E-state index contributed by atoms with van der Waals surface area (Å²) in [6.45, 7) is 6.71. The highest BCUT2D eigenvalue weighted by molar-refractivity contribution is 7.89. The average Bonchev–Trinajstić information content (AvgIpc) is 3.37. The van der Waals surface area contributed by atoms with Gasteiger partial charge in [-0.15, -0.1) is 0 Å². The first-order valence-electron chi connectivity index (χ1n) is 10.6. The van der Waals surface area contributed by atoms with E-state index < -0.39 is 10.0 Å². The molecule has 1 amide bonds. The number of hydrogen-bond donors (Lipinski definition) is 2. The number of benzene rings is 1. The lowest BCUT2D eigenvalue weighted by molar-refractivity contribution is -0.121. The predicted octanol–water partition coefficient (Wildman–Crippen LogP) is 3.32. The van der Waals surface area contributed by atoms with Gasteiger partial charge in [-0.1, -0.05) is 26.0 Å². The Balaban J connectivity index is 1.50. The van der Waals surface area contributed by atoms with Gasteiger partial charge in [0.1, 0.15) is 0 Å². The van der Waals surface area contributed by atoms with Gasteiger partial charge in [0.25, 0.3) is 0 Å². The number of likely N-dealkylation sites (N-methyl/N-ethyl adjacent to an activating group) is 1. The molecule has 3 rings (SSSR count). The van der Waals surface area contributed by atoms with Crippen LogP contribution in [0.3, 0.4) is 0 Å². The molecular formula is C22H31N3O3S2. The molecule has 0 aliphatic heterocycles. The highest BCUT2D eigenvalue weighted by atomic mass is 32.2. The van der Waals surface area contributed by atoms with E-state index in [0.717, 1.165) is 31.5 Å². The molecule has 1 aliphatic carbocycles. The van der Waals surface area contributed by atoms with E-state index in [4.69, 9.17) is 0 Å². The van der Waals surface area contributed by atoms with Crippen LogP contribution in [0.25, 0.3) is 0 Å². The molecule has 164 valence electrons. The Morgan fingerprint density at radius 2 is 1.87 bits per heavy atom. The van der Waals surface area contributed by atoms with E-state index >= 15 is 0 Å². The molecule has 6 nitrogen and oxygen atoms in total. The van der Waals surface area contributed by atoms with Gasteiger partial charge in [0.15, 0.2) is 0 Å². The lowest BCUT2D eigenvalue weighted by Crippen LogP contribution is -2.38. The molecule has 0 saturated heterocycles. The third kappa shape index (κ3) is 6.38. The van der Waals surface area contributed by atoms with Crippen LogP contribution in [0, 0.1) is 0 Å². The van der Waals surface area contributed by atoms with Gasteiger partial charge in [-0.3, -0.25) is 9.69 Å². The van der Waals surface area contributed by atoms with E-state index in [1.807, 2.05) is 0 Å². The second-order valence-electron chi connectivity index (χ2n) is 7.64. The number of carbonyl (C=O) groups is 1. The van der Waals surface area contributed by atoms with Crippen LogP contribution in [0.4, 0.5) is 0 Å². The van der Waals surface area contributed by atoms with Crippen LogP contribution in [-0.4, -0.2) is 44.9 Å². The number of hydrogen-bond acceptors (Lipinski definition) is 5. The molecular weight excluding hydrogens is 418 g/mol. The van der Waals surface area contributed by atoms with E-state index in [0.29, 0.717) is 19.4 Å². The standard InChI is InChI=1S/C22H31N3O3S2/c1-3-25(4-2)21(18-13-14-29-16-18)15-23-22(26)12-7-17-5-10-20(11-6-17)30(27,28)24-19-8-9-19/h5-6,10-11,13-14,16,19,21,24H,3-4,7-9,12,15H2,1-2H3,(H,23,26). The van der Waals surface area contributed by atoms with Crippen LogP contribution >= 0.6 is 11.3 Å². The van der Waals surface area contributed by atoms with Crippen LogP contribution in [0.15, 0.2) is 46.0 Å². The van der Waals surface area contributed by atoms with Crippen molar-refractivity contribution in [3.63, 3.8) is 0 Å². The van der Waals surface area contributed by atoms with E-state index in [1.54, 1.807) is 35.6 Å². The fourth-order valence-corrected chi connectivity index (χ4v) is 5.48. The molecule has 1 aromatic heterocycles. The van der Waals surface area contributed by atoms with Gasteiger partial charge in [0, 0.05) is 19.0 Å². The normalized spacial score (nSPS) is 15.3. The molecule has 0 bridgehead atoms. The molecule has 1 saturated carbocycles. The quantitative estimate of drug-likeness (QED) is 0.521. The lowest BCUT2D eigenvalue weighted by Gasteiger charge is -2.29. The Hall–Kier alpha value is -1.74. The number of thiophene rings is 1. The Labute approximate surface area is 183 Å². The second-order valence-corrected chi connectivity index (χ2v) is 10.1. The summed E-state index contributed by atoms with van der Waals surface area (Å²) in [5, 5.41) is 7.28. The van der Waals surface area contributed by atoms with E-state index in [-0.39, 0.29) is 22.9 Å². The zero-order valence-electron chi connectivity index (χ0n) is 17.6. The molecule has 30 heavy (non-hydrogen) atoms. The summed E-state index contributed by atoms with van der Waals surface area (Å²) >= 11 is 1.67. The molecule has 1 aromatic carbocycles. The maximum Gasteiger partial charge on any atom is 0.240 e. The van der Waals surface area contributed by atoms with E-state index in [2.05, 4.69) is 45.6 Å².